The molecule has 0 fully saturated rings. The summed E-state index contributed by atoms with van der Waals surface area (Å²) in [6.45, 7) is 3.28. The van der Waals surface area contributed by atoms with Gasteiger partial charge in [-0.25, -0.2) is 0 Å². The van der Waals surface area contributed by atoms with Gasteiger partial charge in [-0.15, -0.1) is 0 Å². The summed E-state index contributed by atoms with van der Waals surface area (Å²) in [4.78, 5) is 11.7. The maximum Gasteiger partial charge on any atom is 0.222 e. The van der Waals surface area contributed by atoms with E-state index in [9.17, 15) is 4.79 Å². The third-order valence-electron chi connectivity index (χ3n) is 3.07. The molecular formula is C17H20N2O. The van der Waals surface area contributed by atoms with Gasteiger partial charge >= 0.3 is 0 Å². The van der Waals surface area contributed by atoms with Crippen molar-refractivity contribution < 1.29 is 4.79 Å². The smallest absolute Gasteiger partial charge is 0.222 e. The van der Waals surface area contributed by atoms with Crippen LogP contribution in [0, 0.1) is 6.92 Å². The van der Waals surface area contributed by atoms with E-state index in [-0.39, 0.29) is 5.91 Å². The fourth-order valence-corrected chi connectivity index (χ4v) is 1.87. The molecule has 20 heavy (non-hydrogen) atoms. The van der Waals surface area contributed by atoms with Crippen LogP contribution in [0.3, 0.4) is 0 Å². The van der Waals surface area contributed by atoms with Gasteiger partial charge in [0.2, 0.25) is 5.91 Å². The molecule has 0 bridgehead atoms. The summed E-state index contributed by atoms with van der Waals surface area (Å²) < 4.78 is 0. The van der Waals surface area contributed by atoms with E-state index in [0.717, 1.165) is 11.3 Å². The molecule has 0 radical (unpaired) electrons. The van der Waals surface area contributed by atoms with E-state index in [1.807, 2.05) is 42.5 Å². The number of carbonyl (C=O) groups is 1. The van der Waals surface area contributed by atoms with E-state index in [2.05, 4.69) is 29.7 Å². The second-order valence-corrected chi connectivity index (χ2v) is 4.81. The zero-order valence-corrected chi connectivity index (χ0v) is 11.7. The van der Waals surface area contributed by atoms with Crippen LogP contribution in [-0.4, -0.2) is 12.5 Å². The highest BCUT2D eigenvalue weighted by Gasteiger charge is 2.01. The topological polar surface area (TPSA) is 41.1 Å². The van der Waals surface area contributed by atoms with Gasteiger partial charge < -0.3 is 10.6 Å². The number of anilines is 1. The summed E-state index contributed by atoms with van der Waals surface area (Å²) in [6.07, 6.45) is 0.473. The van der Waals surface area contributed by atoms with Crippen molar-refractivity contribution in [1.82, 2.24) is 5.32 Å². The molecule has 2 aromatic rings. The molecule has 1 amide bonds. The number of para-hydroxylation sites is 1. The Kier molecular flexibility index (Phi) is 5.18. The lowest BCUT2D eigenvalue weighted by Crippen LogP contribution is -2.24. The van der Waals surface area contributed by atoms with Crippen molar-refractivity contribution in [2.24, 2.45) is 0 Å². The van der Waals surface area contributed by atoms with E-state index in [4.69, 9.17) is 0 Å². The first kappa shape index (κ1) is 14.1. The maximum atomic E-state index is 11.7. The predicted molar refractivity (Wildman–Crippen MR) is 82.6 cm³/mol. The largest absolute Gasteiger partial charge is 0.385 e. The minimum Gasteiger partial charge on any atom is -0.385 e. The molecule has 2 rings (SSSR count). The molecule has 0 aliphatic heterocycles. The summed E-state index contributed by atoms with van der Waals surface area (Å²) in [6, 6.07) is 18.1. The molecule has 0 aromatic heterocycles. The molecule has 3 heteroatoms. The van der Waals surface area contributed by atoms with Gasteiger partial charge in [0.05, 0.1) is 0 Å². The van der Waals surface area contributed by atoms with Crippen LogP contribution in [0.1, 0.15) is 17.5 Å². The molecule has 2 aromatic carbocycles. The maximum absolute atomic E-state index is 11.7. The fourth-order valence-electron chi connectivity index (χ4n) is 1.87. The second-order valence-electron chi connectivity index (χ2n) is 4.81. The summed E-state index contributed by atoms with van der Waals surface area (Å²) in [5.74, 6) is 0.0639. The first-order valence-corrected chi connectivity index (χ1v) is 6.85. The lowest BCUT2D eigenvalue weighted by atomic mass is 10.1. The minimum absolute atomic E-state index is 0.0639. The number of hydrogen-bond acceptors (Lipinski definition) is 2. The van der Waals surface area contributed by atoms with Crippen LogP contribution in [0.4, 0.5) is 5.69 Å². The van der Waals surface area contributed by atoms with Crippen molar-refractivity contribution in [2.75, 3.05) is 11.9 Å². The van der Waals surface area contributed by atoms with Gasteiger partial charge in [0.25, 0.3) is 0 Å². The van der Waals surface area contributed by atoms with Crippen LogP contribution in [-0.2, 0) is 11.3 Å². The average molecular weight is 268 g/mol. The number of benzene rings is 2. The third kappa shape index (κ3) is 4.76. The summed E-state index contributed by atoms with van der Waals surface area (Å²) in [7, 11) is 0. The Morgan fingerprint density at radius 1 is 1.00 bits per heavy atom. The fraction of sp³-hybridized carbons (Fsp3) is 0.235. The van der Waals surface area contributed by atoms with Crippen molar-refractivity contribution in [3.63, 3.8) is 0 Å². The SMILES string of the molecule is Cc1ccc(CNC(=O)CCNc2ccccc2)cc1. The zero-order valence-electron chi connectivity index (χ0n) is 11.7. The first-order chi connectivity index (χ1) is 9.74. The predicted octanol–water partition coefficient (Wildman–Crippen LogP) is 3.11. The number of carbonyl (C=O) groups excluding carboxylic acids is 1. The monoisotopic (exact) mass is 268 g/mol. The van der Waals surface area contributed by atoms with Gasteiger partial charge in [0.15, 0.2) is 0 Å². The lowest BCUT2D eigenvalue weighted by Gasteiger charge is -2.07. The van der Waals surface area contributed by atoms with Crippen LogP contribution in [0.5, 0.6) is 0 Å². The van der Waals surface area contributed by atoms with Gasteiger partial charge in [-0.2, -0.15) is 0 Å². The number of rotatable bonds is 6. The standard InChI is InChI=1S/C17H20N2O/c1-14-7-9-15(10-8-14)13-19-17(20)11-12-18-16-5-3-2-4-6-16/h2-10,18H,11-13H2,1H3,(H,19,20). The summed E-state index contributed by atoms with van der Waals surface area (Å²) in [5.41, 5.74) is 3.39. The van der Waals surface area contributed by atoms with Gasteiger partial charge in [-0.1, -0.05) is 48.0 Å². The van der Waals surface area contributed by atoms with Gasteiger partial charge in [0.1, 0.15) is 0 Å². The molecule has 0 saturated heterocycles. The van der Waals surface area contributed by atoms with Crippen molar-refractivity contribution in [3.05, 3.63) is 65.7 Å². The van der Waals surface area contributed by atoms with E-state index in [1.165, 1.54) is 5.56 Å². The Bertz CT molecular complexity index is 535. The molecule has 3 nitrogen and oxygen atoms in total. The highest BCUT2D eigenvalue weighted by molar-refractivity contribution is 5.76. The van der Waals surface area contributed by atoms with Crippen LogP contribution in [0.15, 0.2) is 54.6 Å². The second kappa shape index (κ2) is 7.34. The zero-order chi connectivity index (χ0) is 14.2. The summed E-state index contributed by atoms with van der Waals surface area (Å²) in [5, 5.41) is 6.15. The molecular weight excluding hydrogens is 248 g/mol. The molecule has 0 saturated carbocycles. The molecule has 0 aliphatic rings. The van der Waals surface area contributed by atoms with Gasteiger partial charge in [-0.3, -0.25) is 4.79 Å². The van der Waals surface area contributed by atoms with Crippen molar-refractivity contribution >= 4 is 11.6 Å². The molecule has 104 valence electrons. The normalized spacial score (nSPS) is 10.1. The van der Waals surface area contributed by atoms with E-state index in [1.54, 1.807) is 0 Å². The highest BCUT2D eigenvalue weighted by Crippen LogP contribution is 2.05. The highest BCUT2D eigenvalue weighted by atomic mass is 16.1. The molecule has 0 spiro atoms. The van der Waals surface area contributed by atoms with Crippen molar-refractivity contribution in [2.45, 2.75) is 19.9 Å². The first-order valence-electron chi connectivity index (χ1n) is 6.85. The quantitative estimate of drug-likeness (QED) is 0.845. The number of hydrogen-bond donors (Lipinski definition) is 2. The Morgan fingerprint density at radius 2 is 1.70 bits per heavy atom. The number of amides is 1. The molecule has 0 heterocycles. The van der Waals surface area contributed by atoms with Gasteiger partial charge in [-0.05, 0) is 24.6 Å². The number of aryl methyl sites for hydroxylation is 1. The molecule has 0 atom stereocenters. The Balaban J connectivity index is 1.67. The van der Waals surface area contributed by atoms with Crippen LogP contribution in [0.2, 0.25) is 0 Å². The number of nitrogens with one attached hydrogen (secondary N) is 2. The van der Waals surface area contributed by atoms with Crippen molar-refractivity contribution in [3.8, 4) is 0 Å². The Labute approximate surface area is 120 Å². The van der Waals surface area contributed by atoms with Crippen LogP contribution < -0.4 is 10.6 Å². The van der Waals surface area contributed by atoms with Crippen LogP contribution in [0.25, 0.3) is 0 Å². The lowest BCUT2D eigenvalue weighted by molar-refractivity contribution is -0.121. The molecule has 0 unspecified atom stereocenters. The Hall–Kier alpha value is -2.29. The van der Waals surface area contributed by atoms with Crippen LogP contribution >= 0.6 is 0 Å². The van der Waals surface area contributed by atoms with E-state index >= 15 is 0 Å². The van der Waals surface area contributed by atoms with Gasteiger partial charge in [0, 0.05) is 25.2 Å². The molecule has 0 aliphatic carbocycles. The minimum atomic E-state index is 0.0639. The van der Waals surface area contributed by atoms with E-state index < -0.39 is 0 Å². The Morgan fingerprint density at radius 3 is 2.40 bits per heavy atom. The summed E-state index contributed by atoms with van der Waals surface area (Å²) >= 11 is 0. The van der Waals surface area contributed by atoms with Crippen molar-refractivity contribution in [1.29, 1.82) is 0 Å². The average Bonchev–Trinajstić information content (AvgIpc) is 2.48. The van der Waals surface area contributed by atoms with E-state index in [0.29, 0.717) is 19.5 Å². The third-order valence-corrected chi connectivity index (χ3v) is 3.07. The molecule has 2 N–H and O–H groups in total.